The van der Waals surface area contributed by atoms with Crippen molar-refractivity contribution in [2.45, 2.75) is 41.5 Å². The Hall–Kier alpha value is -6.90. The van der Waals surface area contributed by atoms with E-state index in [0.29, 0.717) is 27.8 Å². The molecule has 2 atom stereocenters. The first kappa shape index (κ1) is 37.4. The van der Waals surface area contributed by atoms with Crippen molar-refractivity contribution in [3.63, 3.8) is 0 Å². The van der Waals surface area contributed by atoms with Gasteiger partial charge in [0.05, 0.1) is 33.4 Å². The Morgan fingerprint density at radius 2 is 1.06 bits per heavy atom. The van der Waals surface area contributed by atoms with Crippen LogP contribution in [0.15, 0.2) is 59.9 Å². The van der Waals surface area contributed by atoms with Gasteiger partial charge in [0.15, 0.2) is 0 Å². The van der Waals surface area contributed by atoms with Gasteiger partial charge in [0, 0.05) is 0 Å². The molecule has 0 bridgehead atoms. The van der Waals surface area contributed by atoms with Crippen LogP contribution in [0, 0.1) is 31.6 Å². The molecule has 1 saturated heterocycles. The molecule has 15 heteroatoms. The van der Waals surface area contributed by atoms with Crippen molar-refractivity contribution in [2.75, 3.05) is 0 Å². The summed E-state index contributed by atoms with van der Waals surface area (Å²) in [5, 5.41) is 37.7. The number of aryl methyl sites for hydroxylation is 1. The number of carbonyl (C=O) groups excluding carboxylic acids is 4. The molecule has 3 aromatic rings. The van der Waals surface area contributed by atoms with Gasteiger partial charge in [-0.15, -0.1) is 0 Å². The standard InChI is InChI=1S/C38H30O15/c1-15-11-23(17(3)18(4)27(15)51-33(47)19-7-9-21(29(39)40)24(13-19)31(43)44)26-12-16(2)28(38(6)36(50)53-35(49)37(26,38)5)52-34(48)20-8-10-22(30(41)42)25(14-20)32(45)46/h7-14H,1-6H3,(H,39,40)(H,41,42)(H,43,44)(H,45,46). The average molecular weight is 727 g/mol. The van der Waals surface area contributed by atoms with E-state index in [0.717, 1.165) is 36.4 Å². The van der Waals surface area contributed by atoms with Crippen LogP contribution in [0.5, 0.6) is 5.75 Å². The highest BCUT2D eigenvalue weighted by Crippen LogP contribution is 2.62. The van der Waals surface area contributed by atoms with E-state index in [9.17, 15) is 58.8 Å². The summed E-state index contributed by atoms with van der Waals surface area (Å²) >= 11 is 0. The van der Waals surface area contributed by atoms with Gasteiger partial charge in [-0.25, -0.2) is 28.8 Å². The maximum Gasteiger partial charge on any atom is 0.343 e. The molecule has 1 fully saturated rings. The highest BCUT2D eigenvalue weighted by Gasteiger charge is 2.70. The van der Waals surface area contributed by atoms with Gasteiger partial charge in [-0.3, -0.25) is 9.59 Å². The van der Waals surface area contributed by atoms with Gasteiger partial charge in [0.1, 0.15) is 22.3 Å². The predicted molar refractivity (Wildman–Crippen MR) is 180 cm³/mol. The maximum absolute atomic E-state index is 13.6. The molecule has 0 saturated carbocycles. The number of ether oxygens (including phenoxy) is 3. The number of aromatic carboxylic acids is 4. The Morgan fingerprint density at radius 1 is 0.604 bits per heavy atom. The van der Waals surface area contributed by atoms with E-state index in [1.807, 2.05) is 0 Å². The Bertz CT molecular complexity index is 2320. The number of benzene rings is 3. The second-order valence-electron chi connectivity index (χ2n) is 12.8. The van der Waals surface area contributed by atoms with Crippen molar-refractivity contribution >= 4 is 53.3 Å². The second-order valence-corrected chi connectivity index (χ2v) is 12.8. The Morgan fingerprint density at radius 3 is 1.53 bits per heavy atom. The number of cyclic esters (lactones) is 2. The number of allylic oxidation sites excluding steroid dienone is 2. The quantitative estimate of drug-likeness (QED) is 0.125. The smallest absolute Gasteiger partial charge is 0.343 e. The van der Waals surface area contributed by atoms with Crippen molar-refractivity contribution in [1.82, 2.24) is 0 Å². The predicted octanol–water partition coefficient (Wildman–Crippen LogP) is 5.25. The molecule has 0 amide bonds. The first-order valence-electron chi connectivity index (χ1n) is 15.6. The summed E-state index contributed by atoms with van der Waals surface area (Å²) in [5.41, 5.74) is -4.39. The van der Waals surface area contributed by atoms with Gasteiger partial charge < -0.3 is 34.6 Å². The van der Waals surface area contributed by atoms with E-state index < -0.39 is 80.8 Å². The van der Waals surface area contributed by atoms with Crippen LogP contribution in [0.2, 0.25) is 0 Å². The maximum atomic E-state index is 13.6. The van der Waals surface area contributed by atoms with Gasteiger partial charge in [-0.1, -0.05) is 6.08 Å². The zero-order valence-electron chi connectivity index (χ0n) is 28.9. The van der Waals surface area contributed by atoms with Crippen LogP contribution < -0.4 is 4.74 Å². The molecule has 2 unspecified atom stereocenters. The minimum atomic E-state index is -1.94. The van der Waals surface area contributed by atoms with Crippen LogP contribution in [-0.4, -0.2) is 68.2 Å². The van der Waals surface area contributed by atoms with Crippen molar-refractivity contribution in [1.29, 1.82) is 0 Å². The number of esters is 4. The normalized spacial score (nSPS) is 19.2. The molecule has 1 aliphatic heterocycles. The van der Waals surface area contributed by atoms with E-state index in [-0.39, 0.29) is 28.2 Å². The number of carboxylic acids is 4. The first-order valence-corrected chi connectivity index (χ1v) is 15.6. The summed E-state index contributed by atoms with van der Waals surface area (Å²) in [4.78, 5) is 100. The summed E-state index contributed by atoms with van der Waals surface area (Å²) in [7, 11) is 0. The number of hydrogen-bond donors (Lipinski definition) is 4. The number of carboxylic acid groups (broad SMARTS) is 4. The van der Waals surface area contributed by atoms with Gasteiger partial charge >= 0.3 is 47.8 Å². The van der Waals surface area contributed by atoms with E-state index in [2.05, 4.69) is 0 Å². The van der Waals surface area contributed by atoms with Crippen LogP contribution in [0.4, 0.5) is 0 Å². The van der Waals surface area contributed by atoms with E-state index in [4.69, 9.17) is 14.2 Å². The summed E-state index contributed by atoms with van der Waals surface area (Å²) in [6, 6.07) is 7.42. The Balaban J connectivity index is 1.58. The summed E-state index contributed by atoms with van der Waals surface area (Å²) < 4.78 is 16.6. The summed E-state index contributed by atoms with van der Waals surface area (Å²) in [6.45, 7) is 9.23. The highest BCUT2D eigenvalue weighted by atomic mass is 16.6. The molecule has 0 aromatic heterocycles. The molecule has 1 aliphatic carbocycles. The molecule has 3 aromatic carbocycles. The molecule has 2 aliphatic rings. The van der Waals surface area contributed by atoms with E-state index in [1.54, 1.807) is 26.8 Å². The van der Waals surface area contributed by atoms with Crippen molar-refractivity contribution in [2.24, 2.45) is 10.8 Å². The zero-order chi connectivity index (χ0) is 39.5. The lowest BCUT2D eigenvalue weighted by Crippen LogP contribution is -2.46. The van der Waals surface area contributed by atoms with Crippen LogP contribution in [-0.2, 0) is 19.1 Å². The molecule has 272 valence electrons. The lowest BCUT2D eigenvalue weighted by Gasteiger charge is -2.41. The van der Waals surface area contributed by atoms with Gasteiger partial charge in [0.2, 0.25) is 0 Å². The minimum absolute atomic E-state index is 0.0985. The van der Waals surface area contributed by atoms with Crippen LogP contribution in [0.25, 0.3) is 5.57 Å². The number of rotatable bonds is 9. The molecular formula is C38H30O15. The summed E-state index contributed by atoms with van der Waals surface area (Å²) in [6.07, 6.45) is 1.53. The Kier molecular flexibility index (Phi) is 9.17. The third kappa shape index (κ3) is 5.81. The number of hydrogen-bond acceptors (Lipinski definition) is 11. The Labute approximate surface area is 299 Å². The number of fused-ring (bicyclic) bond motifs is 1. The average Bonchev–Trinajstić information content (AvgIpc) is 3.28. The fourth-order valence-electron chi connectivity index (χ4n) is 6.61. The van der Waals surface area contributed by atoms with Crippen LogP contribution >= 0.6 is 0 Å². The van der Waals surface area contributed by atoms with Crippen molar-refractivity contribution in [3.05, 3.63) is 116 Å². The van der Waals surface area contributed by atoms with E-state index in [1.165, 1.54) is 26.8 Å². The lowest BCUT2D eigenvalue weighted by atomic mass is 9.57. The number of carbonyl (C=O) groups is 8. The topological polar surface area (TPSA) is 245 Å². The first-order chi connectivity index (χ1) is 24.7. The van der Waals surface area contributed by atoms with Crippen LogP contribution in [0.3, 0.4) is 0 Å². The molecule has 53 heavy (non-hydrogen) atoms. The third-order valence-corrected chi connectivity index (χ3v) is 9.85. The van der Waals surface area contributed by atoms with Gasteiger partial charge in [-0.2, -0.15) is 0 Å². The molecule has 15 nitrogen and oxygen atoms in total. The second kappa shape index (κ2) is 13.0. The highest BCUT2D eigenvalue weighted by molar-refractivity contribution is 6.12. The van der Waals surface area contributed by atoms with Crippen molar-refractivity contribution < 1.29 is 73.0 Å². The zero-order valence-corrected chi connectivity index (χ0v) is 28.9. The fraction of sp³-hybridized carbons (Fsp3) is 0.211. The van der Waals surface area contributed by atoms with Gasteiger partial charge in [-0.05, 0) is 117 Å². The summed E-state index contributed by atoms with van der Waals surface area (Å²) in [5.74, 6) is -10.4. The van der Waals surface area contributed by atoms with Crippen molar-refractivity contribution in [3.8, 4) is 5.75 Å². The SMILES string of the molecule is CC1=C(OC(=O)c2ccc(C(=O)O)c(C(=O)O)c2)C2(C)C(=O)OC(=O)C2(C)C(c2cc(C)c(OC(=O)c3ccc(C(=O)O)c(C(=O)O)c3)c(C)c2C)=C1. The lowest BCUT2D eigenvalue weighted by molar-refractivity contribution is -0.155. The molecule has 1 heterocycles. The molecule has 0 spiro atoms. The molecule has 0 radical (unpaired) electrons. The largest absolute Gasteiger partial charge is 0.478 e. The molecule has 4 N–H and O–H groups in total. The van der Waals surface area contributed by atoms with Gasteiger partial charge in [0.25, 0.3) is 0 Å². The third-order valence-electron chi connectivity index (χ3n) is 9.85. The monoisotopic (exact) mass is 726 g/mol. The minimum Gasteiger partial charge on any atom is -0.478 e. The van der Waals surface area contributed by atoms with Crippen LogP contribution in [0.1, 0.15) is 105 Å². The van der Waals surface area contributed by atoms with E-state index >= 15 is 0 Å². The molecule has 5 rings (SSSR count). The molecular weight excluding hydrogens is 696 g/mol. The fourth-order valence-corrected chi connectivity index (χ4v) is 6.61.